The van der Waals surface area contributed by atoms with Crippen molar-refractivity contribution in [3.63, 3.8) is 0 Å². The minimum Gasteiger partial charge on any atom is -0.507 e. The van der Waals surface area contributed by atoms with Gasteiger partial charge >= 0.3 is 0 Å². The van der Waals surface area contributed by atoms with E-state index in [0.29, 0.717) is 24.7 Å². The van der Waals surface area contributed by atoms with Crippen LogP contribution >= 0.6 is 11.6 Å². The molecule has 1 aliphatic rings. The first-order valence-corrected chi connectivity index (χ1v) is 6.89. The summed E-state index contributed by atoms with van der Waals surface area (Å²) in [6, 6.07) is 4.51. The van der Waals surface area contributed by atoms with Gasteiger partial charge in [-0.3, -0.25) is 4.79 Å². The van der Waals surface area contributed by atoms with Crippen molar-refractivity contribution in [3.05, 3.63) is 28.8 Å². The molecule has 4 nitrogen and oxygen atoms in total. The van der Waals surface area contributed by atoms with E-state index in [1.807, 2.05) is 6.92 Å². The van der Waals surface area contributed by atoms with Crippen molar-refractivity contribution in [2.75, 3.05) is 19.7 Å². The van der Waals surface area contributed by atoms with Gasteiger partial charge in [0.1, 0.15) is 5.75 Å². The summed E-state index contributed by atoms with van der Waals surface area (Å²) in [5.41, 5.74) is 0.254. The fourth-order valence-corrected chi connectivity index (χ4v) is 2.52. The lowest BCUT2D eigenvalue weighted by molar-refractivity contribution is 0.00714. The van der Waals surface area contributed by atoms with Gasteiger partial charge in [-0.25, -0.2) is 0 Å². The lowest BCUT2D eigenvalue weighted by Crippen LogP contribution is -2.43. The first kappa shape index (κ1) is 14.2. The van der Waals surface area contributed by atoms with E-state index in [0.717, 1.165) is 12.8 Å². The van der Waals surface area contributed by atoms with E-state index < -0.39 is 0 Å². The Morgan fingerprint density at radius 1 is 1.58 bits per heavy atom. The number of carbonyl (C=O) groups is 1. The summed E-state index contributed by atoms with van der Waals surface area (Å²) in [7, 11) is 0. The SMILES string of the molecule is CCOC1CCCN(C(=O)c2cc(Cl)ccc2O)C1. The predicted molar refractivity (Wildman–Crippen MR) is 73.7 cm³/mol. The van der Waals surface area contributed by atoms with E-state index in [4.69, 9.17) is 16.3 Å². The predicted octanol–water partition coefficient (Wildman–Crippen LogP) is 2.69. The molecule has 0 aliphatic carbocycles. The smallest absolute Gasteiger partial charge is 0.257 e. The van der Waals surface area contributed by atoms with Crippen LogP contribution in [0.25, 0.3) is 0 Å². The van der Waals surface area contributed by atoms with Crippen LogP contribution in [-0.4, -0.2) is 41.7 Å². The van der Waals surface area contributed by atoms with E-state index >= 15 is 0 Å². The Bertz CT molecular complexity index is 462. The van der Waals surface area contributed by atoms with Crippen LogP contribution in [0.4, 0.5) is 0 Å². The summed E-state index contributed by atoms with van der Waals surface area (Å²) < 4.78 is 5.57. The average molecular weight is 284 g/mol. The highest BCUT2D eigenvalue weighted by atomic mass is 35.5. The van der Waals surface area contributed by atoms with Gasteiger partial charge in [-0.15, -0.1) is 0 Å². The van der Waals surface area contributed by atoms with E-state index in [-0.39, 0.29) is 23.3 Å². The minimum atomic E-state index is -0.190. The molecule has 0 radical (unpaired) electrons. The van der Waals surface area contributed by atoms with Crippen molar-refractivity contribution in [3.8, 4) is 5.75 Å². The zero-order valence-electron chi connectivity index (χ0n) is 10.9. The van der Waals surface area contributed by atoms with Crippen molar-refractivity contribution in [2.24, 2.45) is 0 Å². The molecule has 104 valence electrons. The van der Waals surface area contributed by atoms with E-state index in [2.05, 4.69) is 0 Å². The third kappa shape index (κ3) is 3.39. The number of aromatic hydroxyl groups is 1. The molecule has 2 rings (SSSR count). The molecule has 0 aromatic heterocycles. The van der Waals surface area contributed by atoms with Gasteiger partial charge in [0.25, 0.3) is 5.91 Å². The number of likely N-dealkylation sites (tertiary alicyclic amines) is 1. The number of phenolic OH excluding ortho intramolecular Hbond substituents is 1. The van der Waals surface area contributed by atoms with Crippen LogP contribution in [0.5, 0.6) is 5.75 Å². The number of amides is 1. The van der Waals surface area contributed by atoms with Crippen LogP contribution in [0.15, 0.2) is 18.2 Å². The molecule has 19 heavy (non-hydrogen) atoms. The molecule has 1 aliphatic heterocycles. The summed E-state index contributed by atoms with van der Waals surface area (Å²) in [5, 5.41) is 10.2. The number of phenols is 1. The lowest BCUT2D eigenvalue weighted by atomic mass is 10.1. The molecule has 5 heteroatoms. The largest absolute Gasteiger partial charge is 0.507 e. The Balaban J connectivity index is 2.12. The standard InChI is InChI=1S/C14H18ClNO3/c1-2-19-11-4-3-7-16(9-11)14(18)12-8-10(15)5-6-13(12)17/h5-6,8,11,17H,2-4,7,9H2,1H3. The van der Waals surface area contributed by atoms with E-state index in [1.54, 1.807) is 11.0 Å². The molecule has 0 saturated carbocycles. The monoisotopic (exact) mass is 283 g/mol. The van der Waals surface area contributed by atoms with Crippen molar-refractivity contribution in [1.29, 1.82) is 0 Å². The molecule has 1 aromatic carbocycles. The van der Waals surface area contributed by atoms with Gasteiger partial charge in [-0.1, -0.05) is 11.6 Å². The summed E-state index contributed by atoms with van der Waals surface area (Å²) in [4.78, 5) is 14.1. The van der Waals surface area contributed by atoms with Crippen LogP contribution in [0.3, 0.4) is 0 Å². The number of benzene rings is 1. The average Bonchev–Trinajstić information content (AvgIpc) is 2.41. The molecule has 1 heterocycles. The fraction of sp³-hybridized carbons (Fsp3) is 0.500. The highest BCUT2D eigenvalue weighted by Crippen LogP contribution is 2.24. The third-order valence-corrected chi connectivity index (χ3v) is 3.49. The van der Waals surface area contributed by atoms with Crippen LogP contribution in [0, 0.1) is 0 Å². The number of ether oxygens (including phenoxy) is 1. The quantitative estimate of drug-likeness (QED) is 0.928. The Morgan fingerprint density at radius 3 is 3.11 bits per heavy atom. The lowest BCUT2D eigenvalue weighted by Gasteiger charge is -2.32. The topological polar surface area (TPSA) is 49.8 Å². The van der Waals surface area contributed by atoms with E-state index in [9.17, 15) is 9.90 Å². The Kier molecular flexibility index (Phi) is 4.66. The van der Waals surface area contributed by atoms with Gasteiger partial charge in [0.05, 0.1) is 11.7 Å². The van der Waals surface area contributed by atoms with Gasteiger partial charge in [0, 0.05) is 24.7 Å². The van der Waals surface area contributed by atoms with Gasteiger partial charge in [-0.05, 0) is 38.0 Å². The number of hydrogen-bond acceptors (Lipinski definition) is 3. The Hall–Kier alpha value is -1.26. The highest BCUT2D eigenvalue weighted by molar-refractivity contribution is 6.31. The van der Waals surface area contributed by atoms with Crippen LogP contribution in [0.2, 0.25) is 5.02 Å². The highest BCUT2D eigenvalue weighted by Gasteiger charge is 2.26. The first-order chi connectivity index (χ1) is 9.11. The molecule has 0 bridgehead atoms. The molecular formula is C14H18ClNO3. The number of nitrogens with zero attached hydrogens (tertiary/aromatic N) is 1. The molecule has 1 atom stereocenters. The number of rotatable bonds is 3. The second-order valence-electron chi connectivity index (χ2n) is 4.63. The summed E-state index contributed by atoms with van der Waals surface area (Å²) in [5.74, 6) is -0.225. The van der Waals surface area contributed by atoms with Crippen LogP contribution < -0.4 is 0 Å². The van der Waals surface area contributed by atoms with Gasteiger partial charge in [-0.2, -0.15) is 0 Å². The number of hydrogen-bond donors (Lipinski definition) is 1. The second-order valence-corrected chi connectivity index (χ2v) is 5.07. The molecule has 0 spiro atoms. The van der Waals surface area contributed by atoms with Crippen molar-refractivity contribution in [1.82, 2.24) is 4.90 Å². The van der Waals surface area contributed by atoms with Crippen LogP contribution in [-0.2, 0) is 4.74 Å². The second kappa shape index (κ2) is 6.26. The maximum atomic E-state index is 12.4. The van der Waals surface area contributed by atoms with Gasteiger partial charge in [0.15, 0.2) is 0 Å². The molecular weight excluding hydrogens is 266 g/mol. The normalized spacial score (nSPS) is 19.5. The number of piperidine rings is 1. The zero-order chi connectivity index (χ0) is 13.8. The maximum Gasteiger partial charge on any atom is 0.257 e. The summed E-state index contributed by atoms with van der Waals surface area (Å²) >= 11 is 5.87. The van der Waals surface area contributed by atoms with Gasteiger partial charge < -0.3 is 14.7 Å². The zero-order valence-corrected chi connectivity index (χ0v) is 11.7. The molecule has 1 unspecified atom stereocenters. The molecule has 1 saturated heterocycles. The van der Waals surface area contributed by atoms with Crippen molar-refractivity contribution >= 4 is 17.5 Å². The fourth-order valence-electron chi connectivity index (χ4n) is 2.34. The van der Waals surface area contributed by atoms with Crippen LogP contribution in [0.1, 0.15) is 30.1 Å². The first-order valence-electron chi connectivity index (χ1n) is 6.51. The molecule has 1 amide bonds. The molecule has 1 fully saturated rings. The minimum absolute atomic E-state index is 0.0343. The summed E-state index contributed by atoms with van der Waals surface area (Å²) in [6.45, 7) is 3.85. The Labute approximate surface area is 117 Å². The number of halogens is 1. The molecule has 1 aromatic rings. The van der Waals surface area contributed by atoms with Crippen molar-refractivity contribution in [2.45, 2.75) is 25.9 Å². The number of carbonyl (C=O) groups excluding carboxylic acids is 1. The van der Waals surface area contributed by atoms with Gasteiger partial charge in [0.2, 0.25) is 0 Å². The third-order valence-electron chi connectivity index (χ3n) is 3.26. The Morgan fingerprint density at radius 2 is 2.37 bits per heavy atom. The molecule has 1 N–H and O–H groups in total. The van der Waals surface area contributed by atoms with Crippen molar-refractivity contribution < 1.29 is 14.6 Å². The maximum absolute atomic E-state index is 12.4. The summed E-state index contributed by atoms with van der Waals surface area (Å²) in [6.07, 6.45) is 1.97. The van der Waals surface area contributed by atoms with E-state index in [1.165, 1.54) is 12.1 Å².